The zero-order valence-corrected chi connectivity index (χ0v) is 21.6. The van der Waals surface area contributed by atoms with Crippen LogP contribution in [0.4, 0.5) is 0 Å². The van der Waals surface area contributed by atoms with Crippen molar-refractivity contribution in [3.8, 4) is 0 Å². The molecule has 0 heterocycles. The van der Waals surface area contributed by atoms with E-state index in [0.29, 0.717) is 35.8 Å². The van der Waals surface area contributed by atoms with Crippen LogP contribution >= 0.6 is 32.0 Å². The van der Waals surface area contributed by atoms with Crippen LogP contribution in [0.15, 0.2) is 60.7 Å². The molecule has 2 aromatic rings. The second kappa shape index (κ2) is 14.8. The largest absolute Gasteiger partial charge is 0.321 e. The van der Waals surface area contributed by atoms with Gasteiger partial charge in [-0.05, 0) is 27.7 Å². The van der Waals surface area contributed by atoms with Gasteiger partial charge in [-0.3, -0.25) is 9.59 Å². The lowest BCUT2D eigenvalue weighted by Crippen LogP contribution is -2.34. The Morgan fingerprint density at radius 1 is 0.750 bits per heavy atom. The van der Waals surface area contributed by atoms with Crippen molar-refractivity contribution in [2.45, 2.75) is 39.8 Å². The van der Waals surface area contributed by atoms with Gasteiger partial charge >= 0.3 is 0 Å². The quantitative estimate of drug-likeness (QED) is 0.233. The van der Waals surface area contributed by atoms with Crippen LogP contribution in [0.2, 0.25) is 0 Å². The summed E-state index contributed by atoms with van der Waals surface area (Å²) >= 11 is 2.51. The maximum atomic E-state index is 12.3. The van der Waals surface area contributed by atoms with Crippen LogP contribution in [0.1, 0.15) is 48.4 Å². The highest BCUT2D eigenvalue weighted by molar-refractivity contribution is 8.14. The highest BCUT2D eigenvalue weighted by Crippen LogP contribution is 2.46. The van der Waals surface area contributed by atoms with E-state index in [0.717, 1.165) is 0 Å². The second-order valence-corrected chi connectivity index (χ2v) is 11.1. The molecule has 174 valence electrons. The van der Waals surface area contributed by atoms with E-state index in [4.69, 9.17) is 9.05 Å². The monoisotopic (exact) mass is 493 g/mol. The minimum absolute atomic E-state index is 0.0415. The Hall–Kier alpha value is -1.21. The molecular formula is C24H32NO4PS2. The van der Waals surface area contributed by atoms with Gasteiger partial charge in [-0.15, -0.1) is 0 Å². The lowest BCUT2D eigenvalue weighted by Gasteiger charge is -2.35. The van der Waals surface area contributed by atoms with E-state index < -0.39 is 8.53 Å². The highest BCUT2D eigenvalue weighted by Gasteiger charge is 2.27. The van der Waals surface area contributed by atoms with Crippen molar-refractivity contribution in [3.05, 3.63) is 71.8 Å². The Bertz CT molecular complexity index is 754. The fraction of sp³-hybridized carbons (Fsp3) is 0.417. The number of hydrogen-bond donors (Lipinski definition) is 0. The van der Waals surface area contributed by atoms with Gasteiger partial charge in [-0.25, -0.2) is 4.67 Å². The molecule has 0 bridgehead atoms. The van der Waals surface area contributed by atoms with E-state index in [1.54, 1.807) is 0 Å². The maximum Gasteiger partial charge on any atom is 0.259 e. The predicted octanol–water partition coefficient (Wildman–Crippen LogP) is 6.51. The third kappa shape index (κ3) is 9.34. The fourth-order valence-corrected chi connectivity index (χ4v) is 6.11. The molecule has 2 aromatic carbocycles. The van der Waals surface area contributed by atoms with Crippen molar-refractivity contribution in [1.29, 1.82) is 0 Å². The predicted molar refractivity (Wildman–Crippen MR) is 137 cm³/mol. The first kappa shape index (κ1) is 27.0. The zero-order valence-electron chi connectivity index (χ0n) is 19.1. The molecule has 0 aliphatic carbocycles. The summed E-state index contributed by atoms with van der Waals surface area (Å²) in [6.45, 7) is 9.29. The summed E-state index contributed by atoms with van der Waals surface area (Å²) in [4.78, 5) is 24.5. The Labute approximate surface area is 201 Å². The van der Waals surface area contributed by atoms with Crippen molar-refractivity contribution in [2.24, 2.45) is 0 Å². The summed E-state index contributed by atoms with van der Waals surface area (Å²) < 4.78 is 14.4. The van der Waals surface area contributed by atoms with Gasteiger partial charge in [-0.2, -0.15) is 0 Å². The van der Waals surface area contributed by atoms with Crippen LogP contribution < -0.4 is 0 Å². The second-order valence-electron chi connectivity index (χ2n) is 7.48. The van der Waals surface area contributed by atoms with Crippen LogP contribution in [0, 0.1) is 0 Å². The summed E-state index contributed by atoms with van der Waals surface area (Å²) in [6.07, 6.45) is 0. The van der Waals surface area contributed by atoms with Gasteiger partial charge in [0.15, 0.2) is 0 Å². The van der Waals surface area contributed by atoms with E-state index in [1.807, 2.05) is 60.7 Å². The number of rotatable bonds is 13. The normalized spacial score (nSPS) is 11.6. The van der Waals surface area contributed by atoms with Crippen molar-refractivity contribution in [2.75, 3.05) is 24.7 Å². The van der Waals surface area contributed by atoms with E-state index in [1.165, 1.54) is 23.5 Å². The summed E-state index contributed by atoms with van der Waals surface area (Å²) in [7, 11) is -1.29. The first-order valence-corrected chi connectivity index (χ1v) is 13.8. The SMILES string of the molecule is CC(C)N(C(C)C)P(OCCSC(=O)c1ccccc1)OCCSC(=O)c1ccccc1. The highest BCUT2D eigenvalue weighted by atomic mass is 32.2. The molecule has 0 atom stereocenters. The summed E-state index contributed by atoms with van der Waals surface area (Å²) in [5.74, 6) is 1.11. The molecule has 0 unspecified atom stereocenters. The molecule has 2 rings (SSSR count). The lowest BCUT2D eigenvalue weighted by atomic mass is 10.2. The van der Waals surface area contributed by atoms with E-state index in [2.05, 4.69) is 32.4 Å². The number of carbonyl (C=O) groups excluding carboxylic acids is 2. The standard InChI is InChI=1S/C24H32NO4PS2/c1-19(2)25(20(3)4)30(28-15-17-31-23(26)21-11-7-5-8-12-21)29-16-18-32-24(27)22-13-9-6-10-14-22/h5-14,19-20H,15-18H2,1-4H3. The summed E-state index contributed by atoms with van der Waals surface area (Å²) in [5, 5.41) is 0.0830. The average Bonchev–Trinajstić information content (AvgIpc) is 2.79. The molecule has 0 spiro atoms. The number of carbonyl (C=O) groups is 2. The first-order chi connectivity index (χ1) is 15.4. The first-order valence-electron chi connectivity index (χ1n) is 10.7. The molecule has 0 fully saturated rings. The third-order valence-electron chi connectivity index (χ3n) is 4.30. The maximum absolute atomic E-state index is 12.3. The minimum atomic E-state index is -1.29. The Balaban J connectivity index is 1.83. The average molecular weight is 494 g/mol. The molecular weight excluding hydrogens is 461 g/mol. The lowest BCUT2D eigenvalue weighted by molar-refractivity contribution is 0.108. The Morgan fingerprint density at radius 2 is 1.12 bits per heavy atom. The Morgan fingerprint density at radius 3 is 1.47 bits per heavy atom. The molecule has 0 N–H and O–H groups in total. The van der Waals surface area contributed by atoms with Crippen LogP contribution in [0.5, 0.6) is 0 Å². The number of hydrogen-bond acceptors (Lipinski definition) is 7. The third-order valence-corrected chi connectivity index (χ3v) is 8.15. The van der Waals surface area contributed by atoms with Crippen molar-refractivity contribution >= 4 is 42.3 Å². The van der Waals surface area contributed by atoms with Crippen molar-refractivity contribution in [1.82, 2.24) is 4.67 Å². The fourth-order valence-electron chi connectivity index (χ4n) is 2.96. The molecule has 0 amide bonds. The van der Waals surface area contributed by atoms with E-state index in [-0.39, 0.29) is 22.3 Å². The van der Waals surface area contributed by atoms with Gasteiger partial charge in [0, 0.05) is 34.7 Å². The molecule has 32 heavy (non-hydrogen) atoms. The van der Waals surface area contributed by atoms with Gasteiger partial charge in [0.1, 0.15) is 0 Å². The van der Waals surface area contributed by atoms with Crippen LogP contribution in [0.3, 0.4) is 0 Å². The Kier molecular flexibility index (Phi) is 12.5. The van der Waals surface area contributed by atoms with Gasteiger partial charge in [0.25, 0.3) is 8.53 Å². The van der Waals surface area contributed by atoms with E-state index >= 15 is 0 Å². The zero-order chi connectivity index (χ0) is 23.3. The smallest absolute Gasteiger partial charge is 0.259 e. The minimum Gasteiger partial charge on any atom is -0.321 e. The van der Waals surface area contributed by atoms with Crippen molar-refractivity contribution < 1.29 is 18.6 Å². The molecule has 0 saturated heterocycles. The summed E-state index contributed by atoms with van der Waals surface area (Å²) in [6, 6.07) is 19.0. The summed E-state index contributed by atoms with van der Waals surface area (Å²) in [5.41, 5.74) is 1.39. The molecule has 5 nitrogen and oxygen atoms in total. The molecule has 0 radical (unpaired) electrons. The van der Waals surface area contributed by atoms with Crippen LogP contribution in [0.25, 0.3) is 0 Å². The molecule has 0 aromatic heterocycles. The number of nitrogens with zero attached hydrogens (tertiary/aromatic N) is 1. The van der Waals surface area contributed by atoms with E-state index in [9.17, 15) is 9.59 Å². The molecule has 8 heteroatoms. The van der Waals surface area contributed by atoms with Crippen molar-refractivity contribution in [3.63, 3.8) is 0 Å². The van der Waals surface area contributed by atoms with Crippen LogP contribution in [-0.4, -0.2) is 51.7 Å². The van der Waals surface area contributed by atoms with Gasteiger partial charge in [0.2, 0.25) is 10.2 Å². The van der Waals surface area contributed by atoms with Crippen LogP contribution in [-0.2, 0) is 9.05 Å². The van der Waals surface area contributed by atoms with Gasteiger partial charge in [-0.1, -0.05) is 84.2 Å². The molecule has 0 saturated carbocycles. The number of benzene rings is 2. The topological polar surface area (TPSA) is 55.8 Å². The van der Waals surface area contributed by atoms with Gasteiger partial charge in [0.05, 0.1) is 13.2 Å². The molecule has 0 aliphatic heterocycles. The molecule has 0 aliphatic rings. The van der Waals surface area contributed by atoms with Gasteiger partial charge < -0.3 is 9.05 Å². The number of thioether (sulfide) groups is 2.